The highest BCUT2D eigenvalue weighted by Crippen LogP contribution is 2.31. The Hall–Kier alpha value is -3.07. The minimum Gasteiger partial charge on any atom is -0.454 e. The molecule has 0 aromatic heterocycles. The van der Waals surface area contributed by atoms with Crippen molar-refractivity contribution in [2.24, 2.45) is 0 Å². The lowest BCUT2D eigenvalue weighted by atomic mass is 10.1. The van der Waals surface area contributed by atoms with Gasteiger partial charge in [0, 0.05) is 12.6 Å². The smallest absolute Gasteiger partial charge is 0.251 e. The van der Waals surface area contributed by atoms with Gasteiger partial charge in [-0.25, -0.2) is 4.39 Å². The predicted octanol–water partition coefficient (Wildman–Crippen LogP) is 2.43. The number of nitriles is 1. The van der Waals surface area contributed by atoms with E-state index in [2.05, 4.69) is 5.32 Å². The Bertz CT molecular complexity index is 738. The van der Waals surface area contributed by atoms with Crippen LogP contribution in [0, 0.1) is 17.1 Å². The standard InChI is InChI=1S/C15H12FN3O2/c1-19-15(20)9-5-6-14(12(18)7-9)21-13-4-2-3-11(16)10(13)8-17/h2-7H,18H2,1H3,(H,19,20). The molecule has 0 fully saturated rings. The van der Waals surface area contributed by atoms with Crippen molar-refractivity contribution in [2.75, 3.05) is 12.8 Å². The number of carbonyl (C=O) groups excluding carboxylic acids is 1. The number of hydrogen-bond donors (Lipinski definition) is 2. The van der Waals surface area contributed by atoms with E-state index in [-0.39, 0.29) is 28.7 Å². The van der Waals surface area contributed by atoms with Crippen LogP contribution in [-0.4, -0.2) is 13.0 Å². The molecule has 0 saturated heterocycles. The highest BCUT2D eigenvalue weighted by Gasteiger charge is 2.12. The maximum atomic E-state index is 13.5. The van der Waals surface area contributed by atoms with Crippen LogP contribution in [0.25, 0.3) is 0 Å². The summed E-state index contributed by atoms with van der Waals surface area (Å²) in [5, 5.41) is 11.4. The summed E-state index contributed by atoms with van der Waals surface area (Å²) in [4.78, 5) is 11.5. The van der Waals surface area contributed by atoms with E-state index in [1.54, 1.807) is 6.07 Å². The molecule has 0 heterocycles. The van der Waals surface area contributed by atoms with E-state index < -0.39 is 5.82 Å². The maximum absolute atomic E-state index is 13.5. The molecule has 2 aromatic carbocycles. The molecule has 0 radical (unpaired) electrons. The Morgan fingerprint density at radius 2 is 2.10 bits per heavy atom. The van der Waals surface area contributed by atoms with Crippen molar-refractivity contribution in [3.8, 4) is 17.6 Å². The molecule has 0 spiro atoms. The Kier molecular flexibility index (Phi) is 4.05. The normalized spacial score (nSPS) is 9.76. The molecule has 2 rings (SSSR count). The number of halogens is 1. The summed E-state index contributed by atoms with van der Waals surface area (Å²) in [5.74, 6) is -0.645. The number of rotatable bonds is 3. The third-order valence-corrected chi connectivity index (χ3v) is 2.81. The molecule has 106 valence electrons. The highest BCUT2D eigenvalue weighted by molar-refractivity contribution is 5.95. The van der Waals surface area contributed by atoms with Gasteiger partial charge in [0.15, 0.2) is 0 Å². The number of ether oxygens (including phenoxy) is 1. The van der Waals surface area contributed by atoms with Gasteiger partial charge in [-0.05, 0) is 30.3 Å². The van der Waals surface area contributed by atoms with Crippen molar-refractivity contribution in [1.82, 2.24) is 5.32 Å². The number of nitrogen functional groups attached to an aromatic ring is 1. The van der Waals surface area contributed by atoms with E-state index in [4.69, 9.17) is 15.7 Å². The van der Waals surface area contributed by atoms with E-state index in [0.717, 1.165) is 0 Å². The third-order valence-electron chi connectivity index (χ3n) is 2.81. The quantitative estimate of drug-likeness (QED) is 0.848. The molecule has 21 heavy (non-hydrogen) atoms. The summed E-state index contributed by atoms with van der Waals surface area (Å²) in [5.41, 5.74) is 6.20. The molecule has 0 aliphatic rings. The summed E-state index contributed by atoms with van der Waals surface area (Å²) in [7, 11) is 1.51. The number of anilines is 1. The zero-order chi connectivity index (χ0) is 15.4. The SMILES string of the molecule is CNC(=O)c1ccc(Oc2cccc(F)c2C#N)c(N)c1. The Morgan fingerprint density at radius 3 is 2.71 bits per heavy atom. The highest BCUT2D eigenvalue weighted by atomic mass is 19.1. The van der Waals surface area contributed by atoms with Crippen molar-refractivity contribution in [2.45, 2.75) is 0 Å². The van der Waals surface area contributed by atoms with Crippen LogP contribution in [0.2, 0.25) is 0 Å². The van der Waals surface area contributed by atoms with Crippen LogP contribution >= 0.6 is 0 Å². The van der Waals surface area contributed by atoms with Gasteiger partial charge in [-0.1, -0.05) is 6.07 Å². The second kappa shape index (κ2) is 5.92. The largest absolute Gasteiger partial charge is 0.454 e. The Labute approximate surface area is 120 Å². The molecule has 0 unspecified atom stereocenters. The van der Waals surface area contributed by atoms with Crippen LogP contribution in [0.3, 0.4) is 0 Å². The molecule has 0 bridgehead atoms. The van der Waals surface area contributed by atoms with Gasteiger partial charge in [0.2, 0.25) is 0 Å². The van der Waals surface area contributed by atoms with Crippen molar-refractivity contribution in [3.63, 3.8) is 0 Å². The van der Waals surface area contributed by atoms with E-state index in [9.17, 15) is 9.18 Å². The number of amides is 1. The molecule has 2 aromatic rings. The van der Waals surface area contributed by atoms with Gasteiger partial charge in [-0.15, -0.1) is 0 Å². The van der Waals surface area contributed by atoms with E-state index in [1.807, 2.05) is 0 Å². The van der Waals surface area contributed by atoms with Gasteiger partial charge >= 0.3 is 0 Å². The van der Waals surface area contributed by atoms with Gasteiger partial charge in [-0.3, -0.25) is 4.79 Å². The number of benzene rings is 2. The summed E-state index contributed by atoms with van der Waals surface area (Å²) < 4.78 is 18.9. The Morgan fingerprint density at radius 1 is 1.33 bits per heavy atom. The second-order valence-corrected chi connectivity index (χ2v) is 4.16. The second-order valence-electron chi connectivity index (χ2n) is 4.16. The molecule has 0 aliphatic carbocycles. The number of hydrogen-bond acceptors (Lipinski definition) is 4. The maximum Gasteiger partial charge on any atom is 0.251 e. The van der Waals surface area contributed by atoms with E-state index >= 15 is 0 Å². The molecule has 0 atom stereocenters. The minimum atomic E-state index is -0.671. The van der Waals surface area contributed by atoms with Crippen LogP contribution in [0.4, 0.5) is 10.1 Å². The van der Waals surface area contributed by atoms with Crippen LogP contribution in [0.15, 0.2) is 36.4 Å². The van der Waals surface area contributed by atoms with Gasteiger partial charge < -0.3 is 15.8 Å². The number of carbonyl (C=O) groups is 1. The van der Waals surface area contributed by atoms with Gasteiger partial charge in [0.05, 0.1) is 5.69 Å². The monoisotopic (exact) mass is 285 g/mol. The van der Waals surface area contributed by atoms with E-state index in [1.165, 1.54) is 43.4 Å². The minimum absolute atomic E-state index is 0.0666. The van der Waals surface area contributed by atoms with Gasteiger partial charge in [0.1, 0.15) is 28.9 Å². The molecule has 5 nitrogen and oxygen atoms in total. The van der Waals surface area contributed by atoms with Crippen molar-refractivity contribution < 1.29 is 13.9 Å². The first kappa shape index (κ1) is 14.3. The van der Waals surface area contributed by atoms with Crippen LogP contribution in [0.5, 0.6) is 11.5 Å². The zero-order valence-corrected chi connectivity index (χ0v) is 11.2. The summed E-state index contributed by atoms with van der Waals surface area (Å²) in [6.07, 6.45) is 0. The van der Waals surface area contributed by atoms with Crippen molar-refractivity contribution in [3.05, 3.63) is 53.3 Å². The van der Waals surface area contributed by atoms with Crippen molar-refractivity contribution >= 4 is 11.6 Å². The molecule has 0 saturated carbocycles. The molecule has 6 heteroatoms. The lowest BCUT2D eigenvalue weighted by molar-refractivity contribution is 0.0963. The Balaban J connectivity index is 2.35. The number of nitrogens with zero attached hydrogens (tertiary/aromatic N) is 1. The zero-order valence-electron chi connectivity index (χ0n) is 11.2. The molecule has 3 N–H and O–H groups in total. The fraction of sp³-hybridized carbons (Fsp3) is 0.0667. The predicted molar refractivity (Wildman–Crippen MR) is 75.4 cm³/mol. The van der Waals surface area contributed by atoms with E-state index in [0.29, 0.717) is 5.56 Å². The molecular formula is C15H12FN3O2. The summed E-state index contributed by atoms with van der Waals surface area (Å²) in [6, 6.07) is 10.3. The average molecular weight is 285 g/mol. The average Bonchev–Trinajstić information content (AvgIpc) is 2.48. The van der Waals surface area contributed by atoms with Crippen LogP contribution < -0.4 is 15.8 Å². The molecule has 1 amide bonds. The van der Waals surface area contributed by atoms with Crippen LogP contribution in [-0.2, 0) is 0 Å². The lowest BCUT2D eigenvalue weighted by Gasteiger charge is -2.11. The molecular weight excluding hydrogens is 273 g/mol. The third kappa shape index (κ3) is 2.92. The van der Waals surface area contributed by atoms with Crippen LogP contribution in [0.1, 0.15) is 15.9 Å². The fourth-order valence-electron chi connectivity index (χ4n) is 1.74. The summed E-state index contributed by atoms with van der Waals surface area (Å²) in [6.45, 7) is 0. The summed E-state index contributed by atoms with van der Waals surface area (Å²) >= 11 is 0. The first-order chi connectivity index (χ1) is 10.1. The first-order valence-corrected chi connectivity index (χ1v) is 6.05. The molecule has 0 aliphatic heterocycles. The topological polar surface area (TPSA) is 88.1 Å². The van der Waals surface area contributed by atoms with Gasteiger partial charge in [0.25, 0.3) is 5.91 Å². The van der Waals surface area contributed by atoms with Gasteiger partial charge in [-0.2, -0.15) is 5.26 Å². The fourth-order valence-corrected chi connectivity index (χ4v) is 1.74. The number of nitrogens with one attached hydrogen (secondary N) is 1. The first-order valence-electron chi connectivity index (χ1n) is 6.05. The van der Waals surface area contributed by atoms with Crippen molar-refractivity contribution in [1.29, 1.82) is 5.26 Å². The lowest BCUT2D eigenvalue weighted by Crippen LogP contribution is -2.17. The number of nitrogens with two attached hydrogens (primary N) is 1.